The lowest BCUT2D eigenvalue weighted by Crippen LogP contribution is -3.00. The minimum atomic E-state index is -0.882. The summed E-state index contributed by atoms with van der Waals surface area (Å²) >= 11 is 0. The molecule has 0 amide bonds. The lowest BCUT2D eigenvalue weighted by atomic mass is 10.2. The molecule has 14 heavy (non-hydrogen) atoms. The second kappa shape index (κ2) is 4.75. The van der Waals surface area contributed by atoms with E-state index >= 15 is 0 Å². The van der Waals surface area contributed by atoms with Crippen molar-refractivity contribution in [2.24, 2.45) is 0 Å². The molecule has 4 heteroatoms. The van der Waals surface area contributed by atoms with Crippen LogP contribution in [0.4, 0.5) is 5.69 Å². The minimum absolute atomic E-state index is 0. The summed E-state index contributed by atoms with van der Waals surface area (Å²) in [6.07, 6.45) is 0. The van der Waals surface area contributed by atoms with Crippen molar-refractivity contribution in [3.05, 3.63) is 29.8 Å². The Bertz CT molecular complexity index is 314. The van der Waals surface area contributed by atoms with Gasteiger partial charge in [0.1, 0.15) is 5.69 Å². The number of carbonyl (C=O) groups is 1. The van der Waals surface area contributed by atoms with Gasteiger partial charge in [0, 0.05) is 0 Å². The van der Waals surface area contributed by atoms with E-state index in [1.54, 1.807) is 12.1 Å². The largest absolute Gasteiger partial charge is 1.00 e. The summed E-state index contributed by atoms with van der Waals surface area (Å²) in [7, 11) is 6.11. The van der Waals surface area contributed by atoms with Crippen molar-refractivity contribution in [1.82, 2.24) is 4.48 Å². The van der Waals surface area contributed by atoms with E-state index in [1.165, 1.54) is 0 Å². The van der Waals surface area contributed by atoms with E-state index < -0.39 is 5.97 Å². The Labute approximate surface area is 101 Å². The zero-order valence-corrected chi connectivity index (χ0v) is 10.6. The van der Waals surface area contributed by atoms with Crippen molar-refractivity contribution in [3.8, 4) is 0 Å². The number of halogens is 1. The van der Waals surface area contributed by atoms with Crippen molar-refractivity contribution >= 4 is 11.7 Å². The minimum Gasteiger partial charge on any atom is -1.00 e. The van der Waals surface area contributed by atoms with Crippen LogP contribution in [0.5, 0.6) is 0 Å². The third kappa shape index (κ3) is 3.26. The molecular weight excluding hydrogens is 293 g/mol. The van der Waals surface area contributed by atoms with E-state index in [0.717, 1.165) is 5.69 Å². The van der Waals surface area contributed by atoms with Gasteiger partial charge in [-0.05, 0) is 24.3 Å². The van der Waals surface area contributed by atoms with Gasteiger partial charge in [0.15, 0.2) is 0 Å². The monoisotopic (exact) mass is 307 g/mol. The fourth-order valence-electron chi connectivity index (χ4n) is 1.05. The van der Waals surface area contributed by atoms with Crippen LogP contribution in [-0.2, 0) is 0 Å². The zero-order valence-electron chi connectivity index (χ0n) is 8.49. The highest BCUT2D eigenvalue weighted by atomic mass is 127. The smallest absolute Gasteiger partial charge is 0.335 e. The third-order valence-electron chi connectivity index (χ3n) is 1.89. The van der Waals surface area contributed by atoms with Crippen LogP contribution in [0.3, 0.4) is 0 Å². The van der Waals surface area contributed by atoms with Gasteiger partial charge < -0.3 is 29.1 Å². The second-order valence-electron chi connectivity index (χ2n) is 3.86. The Morgan fingerprint density at radius 2 is 1.57 bits per heavy atom. The first-order valence-electron chi connectivity index (χ1n) is 4.06. The van der Waals surface area contributed by atoms with Gasteiger partial charge in [-0.25, -0.2) is 4.79 Å². The van der Waals surface area contributed by atoms with Crippen LogP contribution in [0.2, 0.25) is 0 Å². The SMILES string of the molecule is C[N+](C)(C)c1ccc(C(=O)O)cc1.[I-]. The Morgan fingerprint density at radius 3 is 1.86 bits per heavy atom. The molecule has 0 saturated carbocycles. The van der Waals surface area contributed by atoms with Gasteiger partial charge in [-0.2, -0.15) is 0 Å². The lowest BCUT2D eigenvalue weighted by Gasteiger charge is -2.23. The number of hydrogen-bond acceptors (Lipinski definition) is 1. The standard InChI is InChI=1S/C10H13NO2.HI/c1-11(2,3)9-6-4-8(5-7-9)10(12)13;/h4-7H,1-3H3;1H. The van der Waals surface area contributed by atoms with Crippen molar-refractivity contribution in [2.75, 3.05) is 21.1 Å². The summed E-state index contributed by atoms with van der Waals surface area (Å²) in [5.41, 5.74) is 1.42. The van der Waals surface area contributed by atoms with E-state index in [-0.39, 0.29) is 24.0 Å². The van der Waals surface area contributed by atoms with Gasteiger partial charge >= 0.3 is 5.97 Å². The van der Waals surface area contributed by atoms with E-state index in [4.69, 9.17) is 5.11 Å². The average Bonchev–Trinajstić information content (AvgIpc) is 2.03. The Balaban J connectivity index is 0.00000169. The highest BCUT2D eigenvalue weighted by Crippen LogP contribution is 2.16. The van der Waals surface area contributed by atoms with Gasteiger partial charge in [-0.3, -0.25) is 4.48 Å². The van der Waals surface area contributed by atoms with Crippen LogP contribution in [0.1, 0.15) is 10.4 Å². The van der Waals surface area contributed by atoms with E-state index in [2.05, 4.69) is 0 Å². The lowest BCUT2D eigenvalue weighted by molar-refractivity contribution is -0.0000185. The molecule has 0 aliphatic rings. The Morgan fingerprint density at radius 1 is 1.14 bits per heavy atom. The number of rotatable bonds is 2. The van der Waals surface area contributed by atoms with Gasteiger partial charge in [0.05, 0.1) is 26.7 Å². The summed E-state index contributed by atoms with van der Waals surface area (Å²) in [6, 6.07) is 6.93. The van der Waals surface area contributed by atoms with Gasteiger partial charge in [-0.15, -0.1) is 0 Å². The zero-order chi connectivity index (χ0) is 10.1. The van der Waals surface area contributed by atoms with Crippen molar-refractivity contribution < 1.29 is 33.9 Å². The van der Waals surface area contributed by atoms with Crippen LogP contribution < -0.4 is 28.5 Å². The molecule has 1 rings (SSSR count). The van der Waals surface area contributed by atoms with Crippen LogP contribution in [-0.4, -0.2) is 32.2 Å². The fourth-order valence-corrected chi connectivity index (χ4v) is 1.05. The normalized spacial score (nSPS) is 10.5. The van der Waals surface area contributed by atoms with Crippen LogP contribution in [0, 0.1) is 0 Å². The average molecular weight is 307 g/mol. The summed E-state index contributed by atoms with van der Waals surface area (Å²) in [4.78, 5) is 10.6. The molecule has 0 saturated heterocycles. The molecule has 0 atom stereocenters. The van der Waals surface area contributed by atoms with E-state index in [9.17, 15) is 4.79 Å². The Kier molecular flexibility index (Phi) is 4.54. The first kappa shape index (κ1) is 13.4. The molecule has 0 aliphatic heterocycles. The van der Waals surface area contributed by atoms with Crippen LogP contribution >= 0.6 is 0 Å². The van der Waals surface area contributed by atoms with Crippen molar-refractivity contribution in [2.45, 2.75) is 0 Å². The fraction of sp³-hybridized carbons (Fsp3) is 0.300. The molecule has 0 radical (unpaired) electrons. The first-order valence-corrected chi connectivity index (χ1v) is 4.06. The van der Waals surface area contributed by atoms with Gasteiger partial charge in [-0.1, -0.05) is 0 Å². The molecule has 0 unspecified atom stereocenters. The van der Waals surface area contributed by atoms with Crippen molar-refractivity contribution in [1.29, 1.82) is 0 Å². The summed E-state index contributed by atoms with van der Waals surface area (Å²) < 4.78 is 0.694. The molecule has 1 aromatic carbocycles. The number of hydrogen-bond donors (Lipinski definition) is 1. The summed E-state index contributed by atoms with van der Waals surface area (Å²) in [5, 5.41) is 8.67. The van der Waals surface area contributed by atoms with Crippen LogP contribution in [0.25, 0.3) is 0 Å². The topological polar surface area (TPSA) is 37.3 Å². The highest BCUT2D eigenvalue weighted by Gasteiger charge is 2.12. The Hall–Kier alpha value is -0.620. The predicted molar refractivity (Wildman–Crippen MR) is 53.0 cm³/mol. The molecule has 1 aromatic rings. The highest BCUT2D eigenvalue weighted by molar-refractivity contribution is 5.87. The van der Waals surface area contributed by atoms with E-state index in [1.807, 2.05) is 33.3 Å². The summed E-state index contributed by atoms with van der Waals surface area (Å²) in [6.45, 7) is 0. The number of carboxylic acids is 1. The third-order valence-corrected chi connectivity index (χ3v) is 1.89. The van der Waals surface area contributed by atoms with Crippen molar-refractivity contribution in [3.63, 3.8) is 0 Å². The first-order chi connectivity index (χ1) is 5.91. The molecule has 0 aliphatic carbocycles. The number of nitrogens with zero attached hydrogens (tertiary/aromatic N) is 1. The molecule has 3 nitrogen and oxygen atoms in total. The van der Waals surface area contributed by atoms with Gasteiger partial charge in [0.2, 0.25) is 0 Å². The van der Waals surface area contributed by atoms with E-state index in [0.29, 0.717) is 10.0 Å². The molecule has 0 spiro atoms. The number of quaternary nitrogens is 1. The number of aromatic carboxylic acids is 1. The molecule has 1 N–H and O–H groups in total. The molecular formula is C10H14INO2. The van der Waals surface area contributed by atoms with Gasteiger partial charge in [0.25, 0.3) is 0 Å². The maximum absolute atomic E-state index is 10.6. The second-order valence-corrected chi connectivity index (χ2v) is 3.86. The van der Waals surface area contributed by atoms with Crippen LogP contribution in [0.15, 0.2) is 24.3 Å². The molecule has 0 heterocycles. The predicted octanol–water partition coefficient (Wildman–Crippen LogP) is -1.41. The quantitative estimate of drug-likeness (QED) is 0.538. The maximum atomic E-state index is 10.6. The summed E-state index contributed by atoms with van der Waals surface area (Å²) in [5.74, 6) is -0.882. The maximum Gasteiger partial charge on any atom is 0.335 e. The number of benzene rings is 1. The molecule has 78 valence electrons. The molecule has 0 bridgehead atoms. The molecule has 0 aromatic heterocycles. The number of carboxylic acid groups (broad SMARTS) is 1. The molecule has 0 fully saturated rings.